The predicted octanol–water partition coefficient (Wildman–Crippen LogP) is 1.14. The number of amides is 1. The summed E-state index contributed by atoms with van der Waals surface area (Å²) in [7, 11) is 0. The van der Waals surface area contributed by atoms with Crippen LogP contribution in [0, 0.1) is 0 Å². The van der Waals surface area contributed by atoms with E-state index in [4.69, 9.17) is 4.74 Å². The molecule has 0 aliphatic carbocycles. The van der Waals surface area contributed by atoms with Crippen LogP contribution in [0.4, 0.5) is 0 Å². The van der Waals surface area contributed by atoms with Crippen LogP contribution in [0.3, 0.4) is 0 Å². The van der Waals surface area contributed by atoms with Crippen LogP contribution in [0.25, 0.3) is 0 Å². The molecule has 0 saturated heterocycles. The van der Waals surface area contributed by atoms with Crippen LogP contribution in [0.1, 0.15) is 33.1 Å². The smallest absolute Gasteiger partial charge is 0.244 e. The highest BCUT2D eigenvalue weighted by Crippen LogP contribution is 2.03. The molecule has 0 aliphatic rings. The van der Waals surface area contributed by atoms with E-state index in [0.717, 1.165) is 19.3 Å². The Labute approximate surface area is 99.5 Å². The van der Waals surface area contributed by atoms with Crippen molar-refractivity contribution in [3.05, 3.63) is 17.6 Å². The van der Waals surface area contributed by atoms with E-state index < -0.39 is 5.91 Å². The fraction of sp³-hybridized carbons (Fsp3) is 0.545. The molecule has 0 fully saturated rings. The Bertz CT molecular complexity index is 440. The summed E-state index contributed by atoms with van der Waals surface area (Å²) >= 11 is 0. The first kappa shape index (κ1) is 13.2. The lowest BCUT2D eigenvalue weighted by atomic mass is 10.3. The van der Waals surface area contributed by atoms with Gasteiger partial charge >= 0.3 is 0 Å². The van der Waals surface area contributed by atoms with E-state index in [1.54, 1.807) is 6.07 Å². The van der Waals surface area contributed by atoms with Crippen molar-refractivity contribution >= 4 is 5.91 Å². The van der Waals surface area contributed by atoms with Crippen LogP contribution in [-0.2, 0) is 4.79 Å². The number of carbonyl (C=O) groups is 1. The molecule has 17 heavy (non-hydrogen) atoms. The Morgan fingerprint density at radius 3 is 2.88 bits per heavy atom. The SMILES string of the molecule is CCCCCOc1ccc(=NC(C)=O)n(O)n1. The summed E-state index contributed by atoms with van der Waals surface area (Å²) in [4.78, 5) is 14.8. The van der Waals surface area contributed by atoms with Gasteiger partial charge in [0.15, 0.2) is 5.49 Å². The number of hydrogen-bond acceptors (Lipinski definition) is 4. The number of nitrogens with zero attached hydrogens (tertiary/aromatic N) is 3. The molecule has 6 heteroatoms. The first-order valence-corrected chi connectivity index (χ1v) is 5.61. The van der Waals surface area contributed by atoms with E-state index in [1.807, 2.05) is 0 Å². The minimum Gasteiger partial charge on any atom is -0.477 e. The molecule has 0 atom stereocenters. The van der Waals surface area contributed by atoms with Gasteiger partial charge in [-0.1, -0.05) is 29.7 Å². The van der Waals surface area contributed by atoms with Gasteiger partial charge in [-0.05, 0) is 12.5 Å². The Hall–Kier alpha value is -1.85. The fourth-order valence-corrected chi connectivity index (χ4v) is 1.24. The minimum atomic E-state index is -0.397. The van der Waals surface area contributed by atoms with Crippen molar-refractivity contribution in [2.24, 2.45) is 4.99 Å². The zero-order valence-corrected chi connectivity index (χ0v) is 10.1. The standard InChI is InChI=1S/C11H17N3O3/c1-3-4-5-8-17-11-7-6-10(12-9(2)15)14(16)13-11/h6-7,16H,3-5,8H2,1-2H3. The zero-order chi connectivity index (χ0) is 12.7. The Morgan fingerprint density at radius 1 is 1.53 bits per heavy atom. The molecule has 1 aromatic heterocycles. The van der Waals surface area contributed by atoms with Crippen molar-refractivity contribution in [3.63, 3.8) is 0 Å². The summed E-state index contributed by atoms with van der Waals surface area (Å²) in [6.45, 7) is 3.97. The monoisotopic (exact) mass is 239 g/mol. The molecule has 0 aromatic carbocycles. The molecule has 1 amide bonds. The van der Waals surface area contributed by atoms with E-state index in [-0.39, 0.29) is 5.49 Å². The molecule has 0 bridgehead atoms. The molecular formula is C11H17N3O3. The van der Waals surface area contributed by atoms with Crippen LogP contribution < -0.4 is 10.2 Å². The van der Waals surface area contributed by atoms with Gasteiger partial charge in [-0.3, -0.25) is 4.79 Å². The third-order valence-corrected chi connectivity index (χ3v) is 2.04. The lowest BCUT2D eigenvalue weighted by Crippen LogP contribution is -2.22. The molecular weight excluding hydrogens is 222 g/mol. The molecule has 1 aromatic rings. The second kappa shape index (κ2) is 6.67. The maximum atomic E-state index is 10.7. The molecule has 1 heterocycles. The van der Waals surface area contributed by atoms with Crippen molar-refractivity contribution in [1.29, 1.82) is 0 Å². The second-order valence-electron chi connectivity index (χ2n) is 3.61. The summed E-state index contributed by atoms with van der Waals surface area (Å²) < 4.78 is 5.33. The fourth-order valence-electron chi connectivity index (χ4n) is 1.24. The van der Waals surface area contributed by atoms with Crippen LogP contribution in [0.5, 0.6) is 5.88 Å². The van der Waals surface area contributed by atoms with Crippen LogP contribution in [0.15, 0.2) is 17.1 Å². The molecule has 0 saturated carbocycles. The molecule has 0 aliphatic heterocycles. The average Bonchev–Trinajstić information content (AvgIpc) is 2.27. The maximum absolute atomic E-state index is 10.7. The second-order valence-corrected chi connectivity index (χ2v) is 3.61. The Kier molecular flexibility index (Phi) is 5.19. The maximum Gasteiger partial charge on any atom is 0.244 e. The van der Waals surface area contributed by atoms with Crippen molar-refractivity contribution in [2.45, 2.75) is 33.1 Å². The van der Waals surface area contributed by atoms with Gasteiger partial charge in [-0.15, -0.1) is 0 Å². The molecule has 1 N–H and O–H groups in total. The van der Waals surface area contributed by atoms with Crippen LogP contribution in [-0.4, -0.2) is 27.7 Å². The van der Waals surface area contributed by atoms with Gasteiger partial charge in [0.2, 0.25) is 11.8 Å². The molecule has 0 radical (unpaired) electrons. The zero-order valence-electron chi connectivity index (χ0n) is 10.1. The first-order valence-electron chi connectivity index (χ1n) is 5.61. The first-order chi connectivity index (χ1) is 8.13. The van der Waals surface area contributed by atoms with Crippen molar-refractivity contribution in [2.75, 3.05) is 6.61 Å². The van der Waals surface area contributed by atoms with E-state index in [9.17, 15) is 10.0 Å². The van der Waals surface area contributed by atoms with Crippen LogP contribution in [0.2, 0.25) is 0 Å². The minimum absolute atomic E-state index is 0.0819. The van der Waals surface area contributed by atoms with Gasteiger partial charge in [0.25, 0.3) is 0 Å². The normalized spacial score (nSPS) is 11.5. The number of hydrogen-bond donors (Lipinski definition) is 1. The summed E-state index contributed by atoms with van der Waals surface area (Å²) in [5, 5.41) is 13.2. The quantitative estimate of drug-likeness (QED) is 0.617. The summed E-state index contributed by atoms with van der Waals surface area (Å²) in [5.41, 5.74) is 0.0819. The third kappa shape index (κ3) is 4.67. The lowest BCUT2D eigenvalue weighted by molar-refractivity contribution is -0.116. The van der Waals surface area contributed by atoms with Crippen LogP contribution >= 0.6 is 0 Å². The number of carbonyl (C=O) groups excluding carboxylic acids is 1. The van der Waals surface area contributed by atoms with E-state index in [1.165, 1.54) is 13.0 Å². The summed E-state index contributed by atoms with van der Waals surface area (Å²) in [6, 6.07) is 3.05. The molecule has 0 unspecified atom stereocenters. The number of unbranched alkanes of at least 4 members (excludes halogenated alkanes) is 2. The molecule has 0 spiro atoms. The largest absolute Gasteiger partial charge is 0.477 e. The predicted molar refractivity (Wildman–Crippen MR) is 60.7 cm³/mol. The number of rotatable bonds is 5. The van der Waals surface area contributed by atoms with Gasteiger partial charge in [0.1, 0.15) is 0 Å². The third-order valence-electron chi connectivity index (χ3n) is 2.04. The highest BCUT2D eigenvalue weighted by Gasteiger charge is 1.99. The Balaban J connectivity index is 2.66. The average molecular weight is 239 g/mol. The van der Waals surface area contributed by atoms with Crippen molar-refractivity contribution in [1.82, 2.24) is 9.94 Å². The van der Waals surface area contributed by atoms with E-state index >= 15 is 0 Å². The van der Waals surface area contributed by atoms with Gasteiger partial charge < -0.3 is 9.94 Å². The highest BCUT2D eigenvalue weighted by atomic mass is 16.5. The van der Waals surface area contributed by atoms with Gasteiger partial charge in [0, 0.05) is 13.0 Å². The van der Waals surface area contributed by atoms with Gasteiger partial charge in [0.05, 0.1) is 6.61 Å². The van der Waals surface area contributed by atoms with E-state index in [0.29, 0.717) is 17.3 Å². The van der Waals surface area contributed by atoms with Gasteiger partial charge in [-0.2, -0.15) is 4.99 Å². The topological polar surface area (TPSA) is 76.7 Å². The number of aromatic nitrogens is 2. The molecule has 6 nitrogen and oxygen atoms in total. The summed E-state index contributed by atoms with van der Waals surface area (Å²) in [5.74, 6) is -0.0858. The molecule has 94 valence electrons. The molecule has 1 rings (SSSR count). The van der Waals surface area contributed by atoms with Crippen molar-refractivity contribution in [3.8, 4) is 5.88 Å². The number of ether oxygens (including phenoxy) is 1. The lowest BCUT2D eigenvalue weighted by Gasteiger charge is -2.05. The Morgan fingerprint density at radius 2 is 2.29 bits per heavy atom. The highest BCUT2D eigenvalue weighted by molar-refractivity contribution is 5.73. The van der Waals surface area contributed by atoms with E-state index in [2.05, 4.69) is 17.0 Å². The summed E-state index contributed by atoms with van der Waals surface area (Å²) in [6.07, 6.45) is 3.16. The van der Waals surface area contributed by atoms with Crippen molar-refractivity contribution < 1.29 is 14.7 Å². The van der Waals surface area contributed by atoms with Gasteiger partial charge in [-0.25, -0.2) is 0 Å².